The van der Waals surface area contributed by atoms with Gasteiger partial charge in [-0.1, -0.05) is 0 Å². The summed E-state index contributed by atoms with van der Waals surface area (Å²) in [6.07, 6.45) is 7.05. The third-order valence-electron chi connectivity index (χ3n) is 3.99. The molecule has 2 heterocycles. The van der Waals surface area contributed by atoms with Gasteiger partial charge in [0, 0.05) is 51.2 Å². The lowest BCUT2D eigenvalue weighted by molar-refractivity contribution is -0.122. The molecule has 1 fully saturated rings. The number of hydrogen-bond acceptors (Lipinski definition) is 4. The molecule has 3 amide bonds. The maximum absolute atomic E-state index is 12.0. The Morgan fingerprint density at radius 2 is 2.09 bits per heavy atom. The molecular weight excluding hydrogens is 296 g/mol. The van der Waals surface area contributed by atoms with Crippen LogP contribution in [0.25, 0.3) is 0 Å². The van der Waals surface area contributed by atoms with E-state index >= 15 is 0 Å². The third kappa shape index (κ3) is 5.90. The lowest BCUT2D eigenvalue weighted by atomic mass is 10.1. The van der Waals surface area contributed by atoms with Gasteiger partial charge < -0.3 is 20.5 Å². The molecule has 1 atom stereocenters. The molecule has 2 rings (SSSR count). The standard InChI is InChI=1S/C15H26N6O2/c1-12(9-21-8-5-17-11-21)18-15(23)19-13-3-6-20(7-4-13)10-14(22)16-2/h5,8,11-13H,3-4,6-7,9-10H2,1-2H3,(H,16,22)(H2,18,19,23)/t12-/m0/s1. The lowest BCUT2D eigenvalue weighted by Gasteiger charge is -2.32. The highest BCUT2D eigenvalue weighted by Crippen LogP contribution is 2.09. The van der Waals surface area contributed by atoms with Crippen LogP contribution in [-0.4, -0.2) is 65.2 Å². The van der Waals surface area contributed by atoms with Crippen molar-refractivity contribution in [1.29, 1.82) is 0 Å². The Hall–Kier alpha value is -2.09. The Morgan fingerprint density at radius 1 is 1.35 bits per heavy atom. The first-order chi connectivity index (χ1) is 11.1. The molecule has 0 unspecified atom stereocenters. The molecule has 0 aromatic carbocycles. The molecule has 23 heavy (non-hydrogen) atoms. The van der Waals surface area contributed by atoms with Crippen molar-refractivity contribution in [3.8, 4) is 0 Å². The Bertz CT molecular complexity index is 496. The lowest BCUT2D eigenvalue weighted by Crippen LogP contribution is -2.51. The molecule has 0 bridgehead atoms. The SMILES string of the molecule is CNC(=O)CN1CCC(NC(=O)N[C@@H](C)Cn2ccnc2)CC1. The summed E-state index contributed by atoms with van der Waals surface area (Å²) in [5, 5.41) is 8.59. The third-order valence-corrected chi connectivity index (χ3v) is 3.99. The van der Waals surface area contributed by atoms with Crippen molar-refractivity contribution >= 4 is 11.9 Å². The van der Waals surface area contributed by atoms with Crippen LogP contribution in [0.5, 0.6) is 0 Å². The second-order valence-electron chi connectivity index (χ2n) is 6.00. The molecule has 1 aliphatic rings. The molecule has 8 nitrogen and oxygen atoms in total. The topological polar surface area (TPSA) is 91.3 Å². The number of urea groups is 1. The maximum atomic E-state index is 12.0. The van der Waals surface area contributed by atoms with Gasteiger partial charge in [-0.2, -0.15) is 0 Å². The molecule has 1 aliphatic heterocycles. The fourth-order valence-corrected chi connectivity index (χ4v) is 2.73. The fourth-order valence-electron chi connectivity index (χ4n) is 2.73. The molecule has 1 aromatic heterocycles. The summed E-state index contributed by atoms with van der Waals surface area (Å²) in [4.78, 5) is 29.5. The summed E-state index contributed by atoms with van der Waals surface area (Å²) < 4.78 is 1.93. The van der Waals surface area contributed by atoms with Gasteiger partial charge in [0.1, 0.15) is 0 Å². The number of carbonyl (C=O) groups is 2. The van der Waals surface area contributed by atoms with Crippen LogP contribution in [0.1, 0.15) is 19.8 Å². The molecule has 0 aliphatic carbocycles. The number of carbonyl (C=O) groups excluding carboxylic acids is 2. The number of likely N-dealkylation sites (tertiary alicyclic amines) is 1. The predicted octanol–water partition coefficient (Wildman–Crippen LogP) is -0.219. The van der Waals surface area contributed by atoms with Crippen LogP contribution in [0.15, 0.2) is 18.7 Å². The Labute approximate surface area is 136 Å². The summed E-state index contributed by atoms with van der Waals surface area (Å²) in [6.45, 7) is 4.73. The van der Waals surface area contributed by atoms with Crippen molar-refractivity contribution in [2.45, 2.75) is 38.4 Å². The maximum Gasteiger partial charge on any atom is 0.315 e. The van der Waals surface area contributed by atoms with Gasteiger partial charge >= 0.3 is 6.03 Å². The quantitative estimate of drug-likeness (QED) is 0.675. The molecular formula is C15H26N6O2. The van der Waals surface area contributed by atoms with Gasteiger partial charge in [0.05, 0.1) is 12.9 Å². The monoisotopic (exact) mass is 322 g/mol. The Morgan fingerprint density at radius 3 is 2.70 bits per heavy atom. The van der Waals surface area contributed by atoms with E-state index in [9.17, 15) is 9.59 Å². The predicted molar refractivity (Wildman–Crippen MR) is 86.9 cm³/mol. The number of hydrogen-bond donors (Lipinski definition) is 3. The van der Waals surface area contributed by atoms with Crippen LogP contribution in [0.2, 0.25) is 0 Å². The zero-order valence-corrected chi connectivity index (χ0v) is 13.8. The van der Waals surface area contributed by atoms with Gasteiger partial charge in [0.25, 0.3) is 0 Å². The smallest absolute Gasteiger partial charge is 0.315 e. The average molecular weight is 322 g/mol. The van der Waals surface area contributed by atoms with Crippen molar-refractivity contribution in [2.24, 2.45) is 0 Å². The number of nitrogens with zero attached hydrogens (tertiary/aromatic N) is 3. The van der Waals surface area contributed by atoms with Gasteiger partial charge in [0.15, 0.2) is 0 Å². The summed E-state index contributed by atoms with van der Waals surface area (Å²) in [7, 11) is 1.64. The van der Waals surface area contributed by atoms with Crippen molar-refractivity contribution in [3.05, 3.63) is 18.7 Å². The van der Waals surface area contributed by atoms with E-state index in [0.29, 0.717) is 13.1 Å². The molecule has 0 saturated carbocycles. The Kier molecular flexibility index (Phi) is 6.40. The summed E-state index contributed by atoms with van der Waals surface area (Å²) >= 11 is 0. The molecule has 1 aromatic rings. The van der Waals surface area contributed by atoms with Crippen LogP contribution in [0, 0.1) is 0 Å². The molecule has 8 heteroatoms. The van der Waals surface area contributed by atoms with E-state index in [2.05, 4.69) is 25.8 Å². The average Bonchev–Trinajstić information content (AvgIpc) is 3.01. The number of amides is 3. The van der Waals surface area contributed by atoms with E-state index in [1.165, 1.54) is 0 Å². The van der Waals surface area contributed by atoms with Crippen LogP contribution in [-0.2, 0) is 11.3 Å². The minimum atomic E-state index is -0.137. The van der Waals surface area contributed by atoms with E-state index in [1.807, 2.05) is 17.7 Å². The van der Waals surface area contributed by atoms with E-state index < -0.39 is 0 Å². The highest BCUT2D eigenvalue weighted by Gasteiger charge is 2.22. The Balaban J connectivity index is 1.65. The highest BCUT2D eigenvalue weighted by molar-refractivity contribution is 5.77. The van der Waals surface area contributed by atoms with E-state index in [0.717, 1.165) is 25.9 Å². The summed E-state index contributed by atoms with van der Waals surface area (Å²) in [5.74, 6) is 0.0301. The number of likely N-dealkylation sites (N-methyl/N-ethyl adjacent to an activating group) is 1. The largest absolute Gasteiger partial charge is 0.358 e. The van der Waals surface area contributed by atoms with E-state index in [1.54, 1.807) is 19.6 Å². The van der Waals surface area contributed by atoms with E-state index in [4.69, 9.17) is 0 Å². The van der Waals surface area contributed by atoms with Gasteiger partial charge in [-0.25, -0.2) is 9.78 Å². The van der Waals surface area contributed by atoms with Gasteiger partial charge in [-0.05, 0) is 19.8 Å². The first kappa shape index (κ1) is 17.3. The number of rotatable bonds is 6. The van der Waals surface area contributed by atoms with Crippen LogP contribution < -0.4 is 16.0 Å². The second kappa shape index (κ2) is 8.52. The van der Waals surface area contributed by atoms with Crippen LogP contribution >= 0.6 is 0 Å². The van der Waals surface area contributed by atoms with Crippen LogP contribution in [0.4, 0.5) is 4.79 Å². The first-order valence-electron chi connectivity index (χ1n) is 8.02. The summed E-state index contributed by atoms with van der Waals surface area (Å²) in [6, 6.07) is 0.0521. The van der Waals surface area contributed by atoms with E-state index in [-0.39, 0.29) is 24.0 Å². The second-order valence-corrected chi connectivity index (χ2v) is 6.00. The molecule has 3 N–H and O–H groups in total. The molecule has 1 saturated heterocycles. The minimum absolute atomic E-state index is 0.0255. The number of piperidine rings is 1. The number of imidazole rings is 1. The first-order valence-corrected chi connectivity index (χ1v) is 8.02. The fraction of sp³-hybridized carbons (Fsp3) is 0.667. The zero-order valence-electron chi connectivity index (χ0n) is 13.8. The molecule has 0 spiro atoms. The van der Waals surface area contributed by atoms with Gasteiger partial charge in [-0.3, -0.25) is 9.69 Å². The molecule has 128 valence electrons. The highest BCUT2D eigenvalue weighted by atomic mass is 16.2. The minimum Gasteiger partial charge on any atom is -0.358 e. The number of nitrogens with one attached hydrogen (secondary N) is 3. The van der Waals surface area contributed by atoms with Crippen molar-refractivity contribution in [3.63, 3.8) is 0 Å². The van der Waals surface area contributed by atoms with Crippen molar-refractivity contribution in [1.82, 2.24) is 30.4 Å². The normalized spacial score (nSPS) is 17.5. The van der Waals surface area contributed by atoms with Gasteiger partial charge in [-0.15, -0.1) is 0 Å². The number of aromatic nitrogens is 2. The van der Waals surface area contributed by atoms with Crippen molar-refractivity contribution < 1.29 is 9.59 Å². The van der Waals surface area contributed by atoms with Gasteiger partial charge in [0.2, 0.25) is 5.91 Å². The zero-order chi connectivity index (χ0) is 16.7. The molecule has 0 radical (unpaired) electrons. The van der Waals surface area contributed by atoms with Crippen LogP contribution in [0.3, 0.4) is 0 Å². The van der Waals surface area contributed by atoms with Crippen molar-refractivity contribution in [2.75, 3.05) is 26.7 Å². The summed E-state index contributed by atoms with van der Waals surface area (Å²) in [5.41, 5.74) is 0.